The van der Waals surface area contributed by atoms with Gasteiger partial charge in [0.2, 0.25) is 0 Å². The predicted octanol–water partition coefficient (Wildman–Crippen LogP) is 0.264. The van der Waals surface area contributed by atoms with Crippen molar-refractivity contribution in [3.8, 4) is 0 Å². The molecule has 0 spiro atoms. The van der Waals surface area contributed by atoms with Crippen LogP contribution >= 0.6 is 0 Å². The van der Waals surface area contributed by atoms with Gasteiger partial charge in [0.1, 0.15) is 0 Å². The van der Waals surface area contributed by atoms with Gasteiger partial charge in [-0.1, -0.05) is 0 Å². The Bertz CT molecular complexity index is 229. The first-order valence-corrected chi connectivity index (χ1v) is 5.56. The van der Waals surface area contributed by atoms with Crippen LogP contribution in [-0.4, -0.2) is 47.8 Å². The normalized spacial score (nSPS) is 10.1. The molecule has 0 fully saturated rings. The molecule has 0 bridgehead atoms. The van der Waals surface area contributed by atoms with E-state index in [1.807, 2.05) is 6.92 Å². The van der Waals surface area contributed by atoms with Crippen molar-refractivity contribution in [2.75, 3.05) is 6.61 Å². The molecule has 0 heterocycles. The number of ether oxygens (including phenoxy) is 1. The zero-order valence-electron chi connectivity index (χ0n) is 8.26. The molecule has 0 aliphatic carbocycles. The van der Waals surface area contributed by atoms with Gasteiger partial charge in [0.25, 0.3) is 0 Å². The zero-order chi connectivity index (χ0) is 11.6. The maximum atomic E-state index is 10.6. The van der Waals surface area contributed by atoms with E-state index in [9.17, 15) is 4.79 Å². The Morgan fingerprint density at radius 3 is 2.14 bits per heavy atom. The summed E-state index contributed by atoms with van der Waals surface area (Å²) in [5.74, 6) is -0.0700. The van der Waals surface area contributed by atoms with Crippen molar-refractivity contribution in [1.29, 1.82) is 0 Å². The van der Waals surface area contributed by atoms with E-state index < -0.39 is 10.4 Å². The number of esters is 1. The molecule has 0 rings (SSSR count). The van der Waals surface area contributed by atoms with E-state index in [4.69, 9.17) is 22.3 Å². The van der Waals surface area contributed by atoms with Gasteiger partial charge in [0.05, 0.1) is 0 Å². The molecule has 14 heavy (non-hydrogen) atoms. The van der Waals surface area contributed by atoms with Gasteiger partial charge in [-0.25, -0.2) is 0 Å². The molecule has 0 atom stereocenters. The third-order valence-electron chi connectivity index (χ3n) is 1.04. The first kappa shape index (κ1) is 16.4. The molecule has 2 N–H and O–H groups in total. The molecule has 8 heteroatoms. The predicted molar refractivity (Wildman–Crippen MR) is 50.6 cm³/mol. The minimum atomic E-state index is -4.67. The third kappa shape index (κ3) is 29.7. The summed E-state index contributed by atoms with van der Waals surface area (Å²) < 4.78 is 36.3. The van der Waals surface area contributed by atoms with Gasteiger partial charge < -0.3 is 0 Å². The van der Waals surface area contributed by atoms with Gasteiger partial charge in [0.15, 0.2) is 0 Å². The van der Waals surface area contributed by atoms with Gasteiger partial charge >= 0.3 is 75.1 Å². The molecule has 0 unspecified atom stereocenters. The van der Waals surface area contributed by atoms with Gasteiger partial charge in [-0.3, -0.25) is 9.11 Å². The third-order valence-corrected chi connectivity index (χ3v) is 1.04. The summed E-state index contributed by atoms with van der Waals surface area (Å²) in [4.78, 5) is 10.6. The van der Waals surface area contributed by atoms with Crippen molar-refractivity contribution in [3.63, 3.8) is 0 Å². The van der Waals surface area contributed by atoms with Gasteiger partial charge in [-0.2, -0.15) is 8.42 Å². The Balaban J connectivity index is 0. The molecule has 6 nitrogen and oxygen atoms in total. The fraction of sp³-hybridized carbons (Fsp3) is 0.833. The number of hydrogen-bond donors (Lipinski definition) is 2. The van der Waals surface area contributed by atoms with Gasteiger partial charge in [-0.15, -0.1) is 0 Å². The van der Waals surface area contributed by atoms with E-state index in [2.05, 4.69) is 17.7 Å². The van der Waals surface area contributed by atoms with Crippen LogP contribution in [0.1, 0.15) is 19.8 Å². The van der Waals surface area contributed by atoms with E-state index in [1.54, 1.807) is 0 Å². The number of rotatable bonds is 4. The molecule has 0 aliphatic heterocycles. The van der Waals surface area contributed by atoms with E-state index in [-0.39, 0.29) is 5.97 Å². The van der Waals surface area contributed by atoms with Crippen molar-refractivity contribution < 1.29 is 27.1 Å². The van der Waals surface area contributed by atoms with Crippen LogP contribution in [0.2, 0.25) is 5.09 Å². The van der Waals surface area contributed by atoms with Crippen molar-refractivity contribution in [1.82, 2.24) is 0 Å². The van der Waals surface area contributed by atoms with E-state index in [0.29, 0.717) is 13.0 Å². The summed E-state index contributed by atoms with van der Waals surface area (Å²) in [6, 6.07) is 0. The van der Waals surface area contributed by atoms with Crippen molar-refractivity contribution >= 4 is 34.1 Å². The van der Waals surface area contributed by atoms with Crippen LogP contribution < -0.4 is 0 Å². The Morgan fingerprint density at radius 2 is 1.86 bits per heavy atom. The van der Waals surface area contributed by atoms with Crippen LogP contribution in [0.15, 0.2) is 0 Å². The summed E-state index contributed by atoms with van der Waals surface area (Å²) in [7, 11) is -4.67. The molecule has 0 amide bonds. The van der Waals surface area contributed by atoms with Crippen LogP contribution in [0.25, 0.3) is 0 Å². The van der Waals surface area contributed by atoms with Crippen molar-refractivity contribution in [2.24, 2.45) is 0 Å². The Labute approximate surface area is 92.8 Å². The average molecular weight is 220 g/mol. The molecule has 0 saturated heterocycles. The van der Waals surface area contributed by atoms with E-state index >= 15 is 0 Å². The number of carbonyl (C=O) groups excluding carboxylic acids is 1. The summed E-state index contributed by atoms with van der Waals surface area (Å²) >= 11 is 2.05. The number of carbonyl (C=O) groups is 1. The summed E-state index contributed by atoms with van der Waals surface area (Å²) in [5.41, 5.74) is 0. The maximum absolute atomic E-state index is 10.6. The van der Waals surface area contributed by atoms with Crippen LogP contribution in [0.3, 0.4) is 0 Å². The topological polar surface area (TPSA) is 101 Å². The van der Waals surface area contributed by atoms with Crippen LogP contribution in [0.5, 0.6) is 0 Å². The van der Waals surface area contributed by atoms with Crippen molar-refractivity contribution in [3.05, 3.63) is 0 Å². The molecule has 0 aromatic heterocycles. The second-order valence-electron chi connectivity index (χ2n) is 2.36. The van der Waals surface area contributed by atoms with Crippen molar-refractivity contribution in [2.45, 2.75) is 24.9 Å². The molecular formula is C6H13LiO6S. The fourth-order valence-corrected chi connectivity index (χ4v) is 0.554. The van der Waals surface area contributed by atoms with Gasteiger partial charge in [-0.05, 0) is 0 Å². The molecule has 0 saturated carbocycles. The average Bonchev–Trinajstić information content (AvgIpc) is 1.98. The quantitative estimate of drug-likeness (QED) is 0.400. The Morgan fingerprint density at radius 1 is 1.43 bits per heavy atom. The second-order valence-corrected chi connectivity index (χ2v) is 3.25. The standard InChI is InChI=1S/C6H11O2.Li.H2O4S/c1-3-5-6(7)8-4-2;;1-5(2,3)4/h1,3-5H2,2H3;;(H2,1,2,3,4). The zero-order valence-corrected chi connectivity index (χ0v) is 9.08. The minimum absolute atomic E-state index is 0.0700. The van der Waals surface area contributed by atoms with Crippen LogP contribution in [0, 0.1) is 0 Å². The monoisotopic (exact) mass is 220 g/mol. The SMILES string of the molecule is O=S(=O)(O)O.[Li][CH2]CCC(=O)OCC. The molecule has 0 radical (unpaired) electrons. The van der Waals surface area contributed by atoms with Crippen LogP contribution in [0.4, 0.5) is 0 Å². The fourth-order valence-electron chi connectivity index (χ4n) is 0.554. The summed E-state index contributed by atoms with van der Waals surface area (Å²) in [6.07, 6.45) is 1.52. The first-order chi connectivity index (χ1) is 6.31. The molecule has 0 aliphatic rings. The first-order valence-electron chi connectivity index (χ1n) is 4.16. The van der Waals surface area contributed by atoms with Gasteiger partial charge in [0, 0.05) is 0 Å². The Kier molecular flexibility index (Phi) is 11.1. The summed E-state index contributed by atoms with van der Waals surface area (Å²) in [6.45, 7) is 2.33. The molecule has 80 valence electrons. The second kappa shape index (κ2) is 9.49. The molecular weight excluding hydrogens is 207 g/mol. The molecule has 0 aromatic rings. The summed E-state index contributed by atoms with van der Waals surface area (Å²) in [5, 5.41) is 1.05. The Hall–Kier alpha value is -0.0626. The van der Waals surface area contributed by atoms with E-state index in [0.717, 1.165) is 11.5 Å². The number of hydrogen-bond acceptors (Lipinski definition) is 4. The van der Waals surface area contributed by atoms with Crippen LogP contribution in [-0.2, 0) is 19.9 Å². The van der Waals surface area contributed by atoms with E-state index in [1.165, 1.54) is 0 Å². The molecule has 0 aromatic carbocycles.